The van der Waals surface area contributed by atoms with Gasteiger partial charge in [0.2, 0.25) is 0 Å². The zero-order valence-corrected chi connectivity index (χ0v) is 17.5. The van der Waals surface area contributed by atoms with Crippen molar-refractivity contribution in [1.29, 1.82) is 0 Å². The third kappa shape index (κ3) is 3.85. The van der Waals surface area contributed by atoms with Crippen molar-refractivity contribution in [1.82, 2.24) is 10.2 Å². The fourth-order valence-corrected chi connectivity index (χ4v) is 6.19. The standard InChI is InChI=1S/C21H32FN3OS/c1-4-14-6-5-7-17(22)20(14)18-9-15-10-25(11-19(15)24-18)21-13(2)8-16(23-21)12-27(3)26/h5-6,13,15,17-19,21,24H,4,7-12H2,1-3H3. The molecular formula is C21H32FN3OS. The number of fused-ring (bicyclic) bond motifs is 1. The molecule has 0 amide bonds. The summed E-state index contributed by atoms with van der Waals surface area (Å²) < 4.78 is 26.2. The number of halogens is 1. The number of likely N-dealkylation sites (tertiary alicyclic amines) is 1. The van der Waals surface area contributed by atoms with Crippen molar-refractivity contribution in [2.45, 2.75) is 64.0 Å². The van der Waals surface area contributed by atoms with Gasteiger partial charge in [0.25, 0.3) is 0 Å². The summed E-state index contributed by atoms with van der Waals surface area (Å²) in [5, 5.41) is 3.76. The first-order valence-corrected chi connectivity index (χ1v) is 12.1. The third-order valence-corrected chi connectivity index (χ3v) is 7.41. The number of alkyl halides is 1. The first kappa shape index (κ1) is 19.5. The number of nitrogens with one attached hydrogen (secondary N) is 1. The molecule has 4 nitrogen and oxygen atoms in total. The van der Waals surface area contributed by atoms with Gasteiger partial charge in [-0.2, -0.15) is 0 Å². The van der Waals surface area contributed by atoms with Gasteiger partial charge in [-0.3, -0.25) is 14.1 Å². The van der Waals surface area contributed by atoms with E-state index in [1.165, 1.54) is 5.57 Å². The van der Waals surface area contributed by atoms with Gasteiger partial charge in [-0.1, -0.05) is 26.0 Å². The molecule has 7 unspecified atom stereocenters. The van der Waals surface area contributed by atoms with Crippen LogP contribution in [0.3, 0.4) is 0 Å². The van der Waals surface area contributed by atoms with E-state index in [1.807, 2.05) is 6.08 Å². The zero-order valence-electron chi connectivity index (χ0n) is 16.7. The van der Waals surface area contributed by atoms with Gasteiger partial charge in [0.1, 0.15) is 12.3 Å². The van der Waals surface area contributed by atoms with E-state index in [1.54, 1.807) is 6.26 Å². The Bertz CT molecular complexity index is 690. The van der Waals surface area contributed by atoms with Crippen LogP contribution in [0.25, 0.3) is 0 Å². The van der Waals surface area contributed by atoms with Gasteiger partial charge < -0.3 is 5.32 Å². The van der Waals surface area contributed by atoms with Crippen LogP contribution in [0.1, 0.15) is 39.5 Å². The van der Waals surface area contributed by atoms with Crippen molar-refractivity contribution in [3.63, 3.8) is 0 Å². The van der Waals surface area contributed by atoms with E-state index in [9.17, 15) is 8.60 Å². The number of hydrogen-bond donors (Lipinski definition) is 1. The predicted octanol–water partition coefficient (Wildman–Crippen LogP) is 2.84. The first-order valence-electron chi connectivity index (χ1n) is 10.4. The Labute approximate surface area is 164 Å². The first-order chi connectivity index (χ1) is 13.0. The summed E-state index contributed by atoms with van der Waals surface area (Å²) >= 11 is 0. The highest BCUT2D eigenvalue weighted by atomic mass is 32.2. The average molecular weight is 394 g/mol. The van der Waals surface area contributed by atoms with E-state index < -0.39 is 17.0 Å². The number of hydrogen-bond acceptors (Lipinski definition) is 4. The van der Waals surface area contributed by atoms with Gasteiger partial charge in [0.15, 0.2) is 0 Å². The molecule has 1 aliphatic carbocycles. The Balaban J connectivity index is 1.41. The maximum atomic E-state index is 14.6. The summed E-state index contributed by atoms with van der Waals surface area (Å²) in [4.78, 5) is 7.41. The maximum absolute atomic E-state index is 14.6. The molecule has 0 bridgehead atoms. The average Bonchev–Trinajstić information content (AvgIpc) is 3.26. The minimum Gasteiger partial charge on any atom is -0.306 e. The Hall–Kier alpha value is -0.850. The molecule has 2 fully saturated rings. The molecule has 150 valence electrons. The Kier molecular flexibility index (Phi) is 5.68. The lowest BCUT2D eigenvalue weighted by Gasteiger charge is -2.29. The molecule has 0 radical (unpaired) electrons. The third-order valence-electron chi connectivity index (χ3n) is 6.67. The van der Waals surface area contributed by atoms with Crippen LogP contribution in [0.2, 0.25) is 0 Å². The molecule has 0 saturated carbocycles. The maximum Gasteiger partial charge on any atom is 0.127 e. The SMILES string of the molecule is CCC1=C(C2CC3CN(C4N=C(CS(C)=O)CC4C)CC3N2)C(F)CC=C1. The lowest BCUT2D eigenvalue weighted by molar-refractivity contribution is 0.189. The molecular weight excluding hydrogens is 361 g/mol. The highest BCUT2D eigenvalue weighted by molar-refractivity contribution is 7.85. The van der Waals surface area contributed by atoms with Crippen LogP contribution >= 0.6 is 0 Å². The molecule has 1 N–H and O–H groups in total. The number of aliphatic imine (C=N–C) groups is 1. The van der Waals surface area contributed by atoms with Crippen molar-refractivity contribution < 1.29 is 8.60 Å². The second kappa shape index (κ2) is 7.88. The van der Waals surface area contributed by atoms with Crippen molar-refractivity contribution in [3.05, 3.63) is 23.3 Å². The summed E-state index contributed by atoms with van der Waals surface area (Å²) in [6.45, 7) is 6.40. The van der Waals surface area contributed by atoms with Crippen molar-refractivity contribution in [2.75, 3.05) is 25.1 Å². The van der Waals surface area contributed by atoms with Crippen molar-refractivity contribution in [3.8, 4) is 0 Å². The molecule has 3 aliphatic heterocycles. The summed E-state index contributed by atoms with van der Waals surface area (Å²) in [6.07, 6.45) is 8.69. The highest BCUT2D eigenvalue weighted by Crippen LogP contribution is 2.38. The normalized spacial score (nSPS) is 40.5. The molecule has 0 aromatic carbocycles. The van der Waals surface area contributed by atoms with Gasteiger partial charge in [-0.05, 0) is 42.2 Å². The van der Waals surface area contributed by atoms with Crippen LogP contribution in [-0.2, 0) is 10.8 Å². The molecule has 4 rings (SSSR count). The predicted molar refractivity (Wildman–Crippen MR) is 110 cm³/mol. The lowest BCUT2D eigenvalue weighted by Crippen LogP contribution is -2.41. The Morgan fingerprint density at radius 2 is 2.22 bits per heavy atom. The molecule has 0 aromatic rings. The van der Waals surface area contributed by atoms with Crippen LogP contribution in [0, 0.1) is 11.8 Å². The van der Waals surface area contributed by atoms with Crippen LogP contribution < -0.4 is 5.32 Å². The molecule has 7 atom stereocenters. The monoisotopic (exact) mass is 393 g/mol. The fraction of sp³-hybridized carbons (Fsp3) is 0.762. The summed E-state index contributed by atoms with van der Waals surface area (Å²) in [7, 11) is -0.815. The molecule has 0 aromatic heterocycles. The second-order valence-corrected chi connectivity index (χ2v) is 10.2. The smallest absolute Gasteiger partial charge is 0.127 e. The lowest BCUT2D eigenvalue weighted by atomic mass is 9.87. The number of allylic oxidation sites excluding steroid dienone is 3. The molecule has 3 heterocycles. The van der Waals surface area contributed by atoms with E-state index in [0.717, 1.165) is 43.6 Å². The van der Waals surface area contributed by atoms with Crippen LogP contribution in [-0.4, -0.2) is 64.3 Å². The van der Waals surface area contributed by atoms with E-state index >= 15 is 0 Å². The van der Waals surface area contributed by atoms with E-state index in [4.69, 9.17) is 4.99 Å². The molecule has 4 aliphatic rings. The van der Waals surface area contributed by atoms with Crippen LogP contribution in [0.4, 0.5) is 4.39 Å². The Morgan fingerprint density at radius 1 is 1.41 bits per heavy atom. The summed E-state index contributed by atoms with van der Waals surface area (Å²) in [5.74, 6) is 1.68. The number of nitrogens with zero attached hydrogens (tertiary/aromatic N) is 2. The van der Waals surface area contributed by atoms with E-state index in [0.29, 0.717) is 30.1 Å². The van der Waals surface area contributed by atoms with Crippen molar-refractivity contribution in [2.24, 2.45) is 16.8 Å². The van der Waals surface area contributed by atoms with Crippen molar-refractivity contribution >= 4 is 16.5 Å². The summed E-state index contributed by atoms with van der Waals surface area (Å²) in [6, 6.07) is 0.630. The fourth-order valence-electron chi connectivity index (χ4n) is 5.53. The highest BCUT2D eigenvalue weighted by Gasteiger charge is 2.46. The topological polar surface area (TPSA) is 44.7 Å². The molecule has 27 heavy (non-hydrogen) atoms. The Morgan fingerprint density at radius 3 is 2.93 bits per heavy atom. The zero-order chi connectivity index (χ0) is 19.1. The van der Waals surface area contributed by atoms with Crippen LogP contribution in [0.5, 0.6) is 0 Å². The minimum atomic E-state index is -0.825. The van der Waals surface area contributed by atoms with Gasteiger partial charge in [0, 0.05) is 54.4 Å². The molecule has 6 heteroatoms. The quantitative estimate of drug-likeness (QED) is 0.781. The van der Waals surface area contributed by atoms with Gasteiger partial charge in [0.05, 0.1) is 5.75 Å². The minimum absolute atomic E-state index is 0.194. The second-order valence-electron chi connectivity index (χ2n) is 8.72. The van der Waals surface area contributed by atoms with E-state index in [-0.39, 0.29) is 12.2 Å². The van der Waals surface area contributed by atoms with Gasteiger partial charge in [-0.25, -0.2) is 4.39 Å². The van der Waals surface area contributed by atoms with Gasteiger partial charge >= 0.3 is 0 Å². The number of rotatable bonds is 5. The molecule has 0 spiro atoms. The molecule has 2 saturated heterocycles. The van der Waals surface area contributed by atoms with Crippen LogP contribution in [0.15, 0.2) is 28.3 Å². The van der Waals surface area contributed by atoms with E-state index in [2.05, 4.69) is 30.1 Å². The van der Waals surface area contributed by atoms with Gasteiger partial charge in [-0.15, -0.1) is 0 Å². The summed E-state index contributed by atoms with van der Waals surface area (Å²) in [5.41, 5.74) is 3.32. The largest absolute Gasteiger partial charge is 0.306 e.